The van der Waals surface area contributed by atoms with E-state index in [0.29, 0.717) is 0 Å². The highest BCUT2D eigenvalue weighted by Gasteiger charge is 2.15. The van der Waals surface area contributed by atoms with Crippen molar-refractivity contribution in [3.05, 3.63) is 33.9 Å². The van der Waals surface area contributed by atoms with Gasteiger partial charge in [0.2, 0.25) is 0 Å². The summed E-state index contributed by atoms with van der Waals surface area (Å²) in [6.45, 7) is 0. The second-order valence-electron chi connectivity index (χ2n) is 4.06. The number of H-pyrrole nitrogens is 1. The Labute approximate surface area is 86.9 Å². The average molecular weight is 203 g/mol. The van der Waals surface area contributed by atoms with Crippen LogP contribution in [0.2, 0.25) is 0 Å². The van der Waals surface area contributed by atoms with Crippen LogP contribution in [0.15, 0.2) is 17.1 Å². The maximum atomic E-state index is 12.1. The Morgan fingerprint density at radius 2 is 2.13 bits per heavy atom. The molecule has 0 aromatic carbocycles. The summed E-state index contributed by atoms with van der Waals surface area (Å²) in [6, 6.07) is 1.84. The summed E-state index contributed by atoms with van der Waals surface area (Å²) in [4.78, 5) is 16.6. The van der Waals surface area contributed by atoms with Gasteiger partial charge in [0.05, 0.1) is 5.69 Å². The SMILES string of the molecule is O=c1c2c(nc3cc[nH]n13)CCCCC2. The van der Waals surface area contributed by atoms with Crippen LogP contribution in [0.3, 0.4) is 0 Å². The first-order chi connectivity index (χ1) is 7.36. The molecule has 0 radical (unpaired) electrons. The van der Waals surface area contributed by atoms with Gasteiger partial charge in [-0.25, -0.2) is 9.50 Å². The molecule has 3 rings (SSSR count). The summed E-state index contributed by atoms with van der Waals surface area (Å²) in [5, 5.41) is 2.90. The molecule has 0 atom stereocenters. The van der Waals surface area contributed by atoms with E-state index in [-0.39, 0.29) is 5.56 Å². The Balaban J connectivity index is 2.33. The van der Waals surface area contributed by atoms with Crippen LogP contribution in [-0.2, 0) is 12.8 Å². The molecule has 0 fully saturated rings. The highest BCUT2D eigenvalue weighted by atomic mass is 16.1. The van der Waals surface area contributed by atoms with Crippen molar-refractivity contribution in [2.75, 3.05) is 0 Å². The topological polar surface area (TPSA) is 50.2 Å². The van der Waals surface area contributed by atoms with Gasteiger partial charge in [0, 0.05) is 17.8 Å². The third-order valence-corrected chi connectivity index (χ3v) is 3.06. The van der Waals surface area contributed by atoms with Gasteiger partial charge in [-0.2, -0.15) is 0 Å². The molecular weight excluding hydrogens is 190 g/mol. The first-order valence-corrected chi connectivity index (χ1v) is 5.44. The molecule has 0 aliphatic heterocycles. The van der Waals surface area contributed by atoms with Gasteiger partial charge in [-0.05, 0) is 25.7 Å². The van der Waals surface area contributed by atoms with Crippen LogP contribution in [0.5, 0.6) is 0 Å². The van der Waals surface area contributed by atoms with E-state index in [4.69, 9.17) is 0 Å². The molecule has 0 saturated heterocycles. The van der Waals surface area contributed by atoms with E-state index < -0.39 is 0 Å². The number of aryl methyl sites for hydroxylation is 1. The second-order valence-corrected chi connectivity index (χ2v) is 4.06. The Morgan fingerprint density at radius 3 is 3.07 bits per heavy atom. The monoisotopic (exact) mass is 203 g/mol. The Bertz CT molecular complexity index is 552. The van der Waals surface area contributed by atoms with Crippen LogP contribution in [0.1, 0.15) is 30.5 Å². The molecule has 78 valence electrons. The predicted molar refractivity (Wildman–Crippen MR) is 57.1 cm³/mol. The molecule has 0 saturated carbocycles. The fourth-order valence-corrected chi connectivity index (χ4v) is 2.27. The Morgan fingerprint density at radius 1 is 1.27 bits per heavy atom. The lowest BCUT2D eigenvalue weighted by Crippen LogP contribution is -2.22. The zero-order valence-corrected chi connectivity index (χ0v) is 8.49. The maximum absolute atomic E-state index is 12.1. The third-order valence-electron chi connectivity index (χ3n) is 3.06. The fraction of sp³-hybridized carbons (Fsp3) is 0.455. The van der Waals surface area contributed by atoms with Crippen molar-refractivity contribution >= 4 is 5.65 Å². The molecule has 15 heavy (non-hydrogen) atoms. The van der Waals surface area contributed by atoms with Gasteiger partial charge < -0.3 is 0 Å². The van der Waals surface area contributed by atoms with Crippen molar-refractivity contribution in [2.45, 2.75) is 32.1 Å². The van der Waals surface area contributed by atoms with Crippen LogP contribution in [0, 0.1) is 0 Å². The Hall–Kier alpha value is -1.58. The molecular formula is C11H13N3O. The van der Waals surface area contributed by atoms with Crippen LogP contribution < -0.4 is 5.56 Å². The summed E-state index contributed by atoms with van der Waals surface area (Å²) in [7, 11) is 0. The largest absolute Gasteiger partial charge is 0.297 e. The summed E-state index contributed by atoms with van der Waals surface area (Å²) in [5.41, 5.74) is 2.74. The molecule has 4 heteroatoms. The highest BCUT2D eigenvalue weighted by molar-refractivity contribution is 5.39. The molecule has 2 aromatic heterocycles. The molecule has 0 unspecified atom stereocenters. The van der Waals surface area contributed by atoms with Gasteiger partial charge >= 0.3 is 0 Å². The lowest BCUT2D eigenvalue weighted by Gasteiger charge is -2.03. The summed E-state index contributed by atoms with van der Waals surface area (Å²) in [5.74, 6) is 0. The van der Waals surface area contributed by atoms with Crippen molar-refractivity contribution in [3.63, 3.8) is 0 Å². The van der Waals surface area contributed by atoms with Gasteiger partial charge in [-0.1, -0.05) is 6.42 Å². The minimum Gasteiger partial charge on any atom is -0.297 e. The van der Waals surface area contributed by atoms with Crippen LogP contribution in [0.25, 0.3) is 5.65 Å². The smallest absolute Gasteiger partial charge is 0.276 e. The van der Waals surface area contributed by atoms with Crippen LogP contribution in [0.4, 0.5) is 0 Å². The van der Waals surface area contributed by atoms with E-state index in [1.165, 1.54) is 10.9 Å². The number of fused-ring (bicyclic) bond motifs is 2. The molecule has 1 aliphatic rings. The first kappa shape index (κ1) is 8.71. The number of nitrogens with one attached hydrogen (secondary N) is 1. The molecule has 0 spiro atoms. The molecule has 2 aromatic rings. The minimum absolute atomic E-state index is 0.0851. The van der Waals surface area contributed by atoms with E-state index in [2.05, 4.69) is 10.1 Å². The number of rotatable bonds is 0. The number of aromatic amines is 1. The number of nitrogens with zero attached hydrogens (tertiary/aromatic N) is 2. The second kappa shape index (κ2) is 3.22. The molecule has 1 aliphatic carbocycles. The van der Waals surface area contributed by atoms with Crippen molar-refractivity contribution in [1.29, 1.82) is 0 Å². The average Bonchev–Trinajstić information content (AvgIpc) is 2.56. The maximum Gasteiger partial charge on any atom is 0.276 e. The van der Waals surface area contributed by atoms with Gasteiger partial charge in [-0.15, -0.1) is 0 Å². The zero-order chi connectivity index (χ0) is 10.3. The summed E-state index contributed by atoms with van der Waals surface area (Å²) < 4.78 is 1.53. The lowest BCUT2D eigenvalue weighted by molar-refractivity contribution is 0.708. The molecule has 4 nitrogen and oxygen atoms in total. The predicted octanol–water partition coefficient (Wildman–Crippen LogP) is 1.29. The third kappa shape index (κ3) is 1.28. The minimum atomic E-state index is 0.0851. The van der Waals surface area contributed by atoms with Crippen LogP contribution in [-0.4, -0.2) is 14.6 Å². The van der Waals surface area contributed by atoms with E-state index >= 15 is 0 Å². The van der Waals surface area contributed by atoms with Gasteiger partial charge in [0.1, 0.15) is 0 Å². The van der Waals surface area contributed by atoms with Crippen LogP contribution >= 0.6 is 0 Å². The Kier molecular flexibility index (Phi) is 1.87. The van der Waals surface area contributed by atoms with Crippen molar-refractivity contribution < 1.29 is 0 Å². The molecule has 0 bridgehead atoms. The van der Waals surface area contributed by atoms with Crippen molar-refractivity contribution in [3.8, 4) is 0 Å². The van der Waals surface area contributed by atoms with E-state index in [1.54, 1.807) is 6.20 Å². The number of hydrogen-bond acceptors (Lipinski definition) is 2. The quantitative estimate of drug-likeness (QED) is 0.656. The zero-order valence-electron chi connectivity index (χ0n) is 8.49. The van der Waals surface area contributed by atoms with Crippen molar-refractivity contribution in [1.82, 2.24) is 14.6 Å². The number of aromatic nitrogens is 3. The van der Waals surface area contributed by atoms with Gasteiger partial charge in [0.25, 0.3) is 5.56 Å². The first-order valence-electron chi connectivity index (χ1n) is 5.44. The van der Waals surface area contributed by atoms with Gasteiger partial charge in [0.15, 0.2) is 5.65 Å². The van der Waals surface area contributed by atoms with E-state index in [1.807, 2.05) is 6.07 Å². The fourth-order valence-electron chi connectivity index (χ4n) is 2.27. The van der Waals surface area contributed by atoms with E-state index in [9.17, 15) is 4.79 Å². The summed E-state index contributed by atoms with van der Waals surface area (Å²) >= 11 is 0. The van der Waals surface area contributed by atoms with Crippen molar-refractivity contribution in [2.24, 2.45) is 0 Å². The number of hydrogen-bond donors (Lipinski definition) is 1. The molecule has 2 heterocycles. The standard InChI is InChI=1S/C11H13N3O/c15-11-8-4-2-1-3-5-9(8)13-10-6-7-12-14(10)11/h6-7,12H,1-5H2. The lowest BCUT2D eigenvalue weighted by atomic mass is 10.1. The van der Waals surface area contributed by atoms with Gasteiger partial charge in [-0.3, -0.25) is 9.89 Å². The van der Waals surface area contributed by atoms with E-state index in [0.717, 1.165) is 42.6 Å². The molecule has 0 amide bonds. The normalized spacial score (nSPS) is 16.3. The summed E-state index contributed by atoms with van der Waals surface area (Å²) in [6.07, 6.45) is 7.05. The molecule has 1 N–H and O–H groups in total. The highest BCUT2D eigenvalue weighted by Crippen LogP contribution is 2.16.